The Labute approximate surface area is 149 Å². The molecule has 1 amide bonds. The first-order chi connectivity index (χ1) is 12.5. The number of esters is 1. The monoisotopic (exact) mass is 358 g/mol. The lowest BCUT2D eigenvalue weighted by Gasteiger charge is -2.32. The molecule has 0 spiro atoms. The lowest BCUT2D eigenvalue weighted by molar-refractivity contribution is -0.154. The number of hydrogen-bond donors (Lipinski definition) is 1. The fourth-order valence-corrected chi connectivity index (χ4v) is 3.02. The number of carbonyl (C=O) groups is 2. The van der Waals surface area contributed by atoms with Gasteiger partial charge in [0, 0.05) is 6.20 Å². The number of ether oxygens (including phenoxy) is 1. The van der Waals surface area contributed by atoms with E-state index in [1.807, 2.05) is 0 Å². The van der Waals surface area contributed by atoms with Gasteiger partial charge in [-0.2, -0.15) is 0 Å². The molecule has 2 aromatic rings. The van der Waals surface area contributed by atoms with Gasteiger partial charge in [-0.25, -0.2) is 4.39 Å². The van der Waals surface area contributed by atoms with E-state index in [9.17, 15) is 18.8 Å². The van der Waals surface area contributed by atoms with Crippen LogP contribution in [0.1, 0.15) is 18.4 Å². The van der Waals surface area contributed by atoms with Crippen LogP contribution in [0.3, 0.4) is 0 Å². The summed E-state index contributed by atoms with van der Waals surface area (Å²) in [4.78, 5) is 36.5. The van der Waals surface area contributed by atoms with Crippen molar-refractivity contribution in [2.45, 2.75) is 19.4 Å². The maximum Gasteiger partial charge on any atom is 0.309 e. The summed E-state index contributed by atoms with van der Waals surface area (Å²) in [6.45, 7) is 0.261. The fourth-order valence-electron chi connectivity index (χ4n) is 3.02. The van der Waals surface area contributed by atoms with Gasteiger partial charge in [0.2, 0.25) is 5.91 Å². The summed E-state index contributed by atoms with van der Waals surface area (Å²) < 4.78 is 19.1. The third-order valence-electron chi connectivity index (χ3n) is 4.66. The normalized spacial score (nSPS) is 18.7. The van der Waals surface area contributed by atoms with Gasteiger partial charge in [-0.05, 0) is 42.7 Å². The number of rotatable bonds is 5. The molecule has 1 N–H and O–H groups in total. The number of amides is 1. The van der Waals surface area contributed by atoms with Crippen molar-refractivity contribution in [3.05, 3.63) is 64.3 Å². The standard InChI is InChI=1S/C19H19FN2O4/c1-26-19(25)15-9-8-14(15)17(23)21-16-3-2-10-22(18(16)24)11-12-4-6-13(20)7-5-12/h2-7,10,14-15H,8-9,11H2,1H3,(H,21,23)/t14-,15+/m0/s1. The smallest absolute Gasteiger partial charge is 0.309 e. The number of nitrogens with one attached hydrogen (secondary N) is 1. The highest BCUT2D eigenvalue weighted by Gasteiger charge is 2.42. The number of carbonyl (C=O) groups excluding carboxylic acids is 2. The summed E-state index contributed by atoms with van der Waals surface area (Å²) in [5, 5.41) is 2.62. The number of anilines is 1. The van der Waals surface area contributed by atoms with Crippen molar-refractivity contribution in [2.75, 3.05) is 12.4 Å². The minimum Gasteiger partial charge on any atom is -0.469 e. The van der Waals surface area contributed by atoms with Crippen molar-refractivity contribution in [2.24, 2.45) is 11.8 Å². The molecule has 2 atom stereocenters. The number of benzene rings is 1. The molecule has 1 aliphatic carbocycles. The van der Waals surface area contributed by atoms with Gasteiger partial charge in [-0.1, -0.05) is 12.1 Å². The molecule has 0 unspecified atom stereocenters. The van der Waals surface area contributed by atoms with Crippen LogP contribution in [-0.4, -0.2) is 23.6 Å². The van der Waals surface area contributed by atoms with Crippen LogP contribution < -0.4 is 10.9 Å². The van der Waals surface area contributed by atoms with Gasteiger partial charge in [0.1, 0.15) is 11.5 Å². The summed E-state index contributed by atoms with van der Waals surface area (Å²) in [5.41, 5.74) is 0.552. The van der Waals surface area contributed by atoms with E-state index in [1.165, 1.54) is 29.9 Å². The van der Waals surface area contributed by atoms with Gasteiger partial charge in [0.05, 0.1) is 25.5 Å². The van der Waals surface area contributed by atoms with Gasteiger partial charge in [-0.3, -0.25) is 14.4 Å². The van der Waals surface area contributed by atoms with E-state index in [0.717, 1.165) is 5.56 Å². The molecule has 1 saturated carbocycles. The van der Waals surface area contributed by atoms with Crippen LogP contribution in [0.4, 0.5) is 10.1 Å². The average molecular weight is 358 g/mol. The molecular formula is C19H19FN2O4. The summed E-state index contributed by atoms with van der Waals surface area (Å²) in [7, 11) is 1.29. The van der Waals surface area contributed by atoms with Crippen LogP contribution in [0.25, 0.3) is 0 Å². The van der Waals surface area contributed by atoms with E-state index in [0.29, 0.717) is 12.8 Å². The third-order valence-corrected chi connectivity index (χ3v) is 4.66. The molecule has 1 aromatic carbocycles. The molecule has 0 bridgehead atoms. The molecule has 0 saturated heterocycles. The van der Waals surface area contributed by atoms with Gasteiger partial charge < -0.3 is 14.6 Å². The number of hydrogen-bond acceptors (Lipinski definition) is 4. The Morgan fingerprint density at radius 2 is 1.88 bits per heavy atom. The second-order valence-electron chi connectivity index (χ2n) is 6.28. The van der Waals surface area contributed by atoms with E-state index in [2.05, 4.69) is 5.32 Å². The highest BCUT2D eigenvalue weighted by molar-refractivity contribution is 5.96. The quantitative estimate of drug-likeness (QED) is 0.831. The first kappa shape index (κ1) is 17.8. The Morgan fingerprint density at radius 3 is 2.50 bits per heavy atom. The van der Waals surface area contributed by atoms with Gasteiger partial charge in [-0.15, -0.1) is 0 Å². The summed E-state index contributed by atoms with van der Waals surface area (Å²) in [6.07, 6.45) is 2.79. The zero-order chi connectivity index (χ0) is 18.7. The molecule has 6 nitrogen and oxygen atoms in total. The molecule has 1 aromatic heterocycles. The van der Waals surface area contributed by atoms with Crippen molar-refractivity contribution in [3.8, 4) is 0 Å². The van der Waals surface area contributed by atoms with Crippen molar-refractivity contribution < 1.29 is 18.7 Å². The molecule has 136 valence electrons. The molecule has 3 rings (SSSR count). The SMILES string of the molecule is COC(=O)[C@@H]1CC[C@@H]1C(=O)Nc1cccn(Cc2ccc(F)cc2)c1=O. The highest BCUT2D eigenvalue weighted by Crippen LogP contribution is 2.35. The molecule has 26 heavy (non-hydrogen) atoms. The van der Waals surface area contributed by atoms with Gasteiger partial charge >= 0.3 is 5.97 Å². The summed E-state index contributed by atoms with van der Waals surface area (Å²) in [6, 6.07) is 9.03. The fraction of sp³-hybridized carbons (Fsp3) is 0.316. The molecule has 7 heteroatoms. The third kappa shape index (κ3) is 3.66. The van der Waals surface area contributed by atoms with Gasteiger partial charge in [0.25, 0.3) is 5.56 Å². The Morgan fingerprint density at radius 1 is 1.19 bits per heavy atom. The first-order valence-electron chi connectivity index (χ1n) is 8.32. The predicted molar refractivity (Wildman–Crippen MR) is 93.1 cm³/mol. The van der Waals surface area contributed by atoms with Crippen LogP contribution >= 0.6 is 0 Å². The van der Waals surface area contributed by atoms with Crippen LogP contribution in [0.2, 0.25) is 0 Å². The van der Waals surface area contributed by atoms with E-state index < -0.39 is 17.8 Å². The zero-order valence-electron chi connectivity index (χ0n) is 14.3. The lowest BCUT2D eigenvalue weighted by atomic mass is 9.73. The Bertz CT molecular complexity index is 876. The predicted octanol–water partition coefficient (Wildman–Crippen LogP) is 2.17. The molecule has 1 heterocycles. The minimum absolute atomic E-state index is 0.148. The van der Waals surface area contributed by atoms with Crippen LogP contribution in [0.5, 0.6) is 0 Å². The molecule has 1 fully saturated rings. The maximum atomic E-state index is 13.0. The number of aromatic nitrogens is 1. The van der Waals surface area contributed by atoms with Crippen molar-refractivity contribution in [1.29, 1.82) is 0 Å². The molecule has 1 aliphatic rings. The summed E-state index contributed by atoms with van der Waals surface area (Å²) in [5.74, 6) is -2.04. The van der Waals surface area contributed by atoms with Crippen molar-refractivity contribution >= 4 is 17.6 Å². The summed E-state index contributed by atoms with van der Waals surface area (Å²) >= 11 is 0. The van der Waals surface area contributed by atoms with E-state index in [-0.39, 0.29) is 29.5 Å². The molecule has 0 aliphatic heterocycles. The molecule has 0 radical (unpaired) electrons. The average Bonchev–Trinajstić information content (AvgIpc) is 2.59. The zero-order valence-corrected chi connectivity index (χ0v) is 14.3. The number of nitrogens with zero attached hydrogens (tertiary/aromatic N) is 1. The second-order valence-corrected chi connectivity index (χ2v) is 6.28. The van der Waals surface area contributed by atoms with Crippen LogP contribution in [0.15, 0.2) is 47.4 Å². The second kappa shape index (κ2) is 7.51. The van der Waals surface area contributed by atoms with Crippen molar-refractivity contribution in [3.63, 3.8) is 0 Å². The largest absolute Gasteiger partial charge is 0.469 e. The number of pyridine rings is 1. The molecular weight excluding hydrogens is 339 g/mol. The van der Waals surface area contributed by atoms with E-state index in [1.54, 1.807) is 24.4 Å². The van der Waals surface area contributed by atoms with Crippen molar-refractivity contribution in [1.82, 2.24) is 4.57 Å². The maximum absolute atomic E-state index is 13.0. The minimum atomic E-state index is -0.479. The van der Waals surface area contributed by atoms with E-state index in [4.69, 9.17) is 4.74 Å². The highest BCUT2D eigenvalue weighted by atomic mass is 19.1. The Kier molecular flexibility index (Phi) is 5.16. The van der Waals surface area contributed by atoms with Gasteiger partial charge in [0.15, 0.2) is 0 Å². The Hall–Kier alpha value is -2.96. The number of halogens is 1. The van der Waals surface area contributed by atoms with E-state index >= 15 is 0 Å². The Balaban J connectivity index is 1.73. The van der Waals surface area contributed by atoms with Crippen LogP contribution in [0, 0.1) is 17.7 Å². The number of methoxy groups -OCH3 is 1. The topological polar surface area (TPSA) is 77.4 Å². The lowest BCUT2D eigenvalue weighted by Crippen LogP contribution is -2.42. The first-order valence-corrected chi connectivity index (χ1v) is 8.32. The van der Waals surface area contributed by atoms with Crippen LogP contribution in [-0.2, 0) is 20.9 Å².